The first-order chi connectivity index (χ1) is 11.7. The van der Waals surface area contributed by atoms with E-state index in [1.807, 2.05) is 31.2 Å². The quantitative estimate of drug-likeness (QED) is 0.729. The molecule has 0 spiro atoms. The Morgan fingerprint density at radius 1 is 1.29 bits per heavy atom. The third kappa shape index (κ3) is 2.99. The van der Waals surface area contributed by atoms with E-state index in [0.29, 0.717) is 17.9 Å². The van der Waals surface area contributed by atoms with E-state index >= 15 is 0 Å². The zero-order chi connectivity index (χ0) is 16.5. The molecule has 1 aromatic carbocycles. The molecule has 126 valence electrons. The predicted octanol–water partition coefficient (Wildman–Crippen LogP) is 2.62. The highest BCUT2D eigenvalue weighted by Gasteiger charge is 2.26. The van der Waals surface area contributed by atoms with Crippen LogP contribution in [-0.4, -0.2) is 46.2 Å². The van der Waals surface area contributed by atoms with Crippen molar-refractivity contribution in [2.45, 2.75) is 32.4 Å². The molecule has 3 heterocycles. The number of piperidine rings is 1. The van der Waals surface area contributed by atoms with Crippen LogP contribution in [0.3, 0.4) is 0 Å². The highest BCUT2D eigenvalue weighted by Crippen LogP contribution is 2.25. The van der Waals surface area contributed by atoms with Crippen LogP contribution in [-0.2, 0) is 6.54 Å². The second-order valence-electron chi connectivity index (χ2n) is 6.34. The summed E-state index contributed by atoms with van der Waals surface area (Å²) in [6.07, 6.45) is 2.25. The van der Waals surface area contributed by atoms with Gasteiger partial charge in [-0.3, -0.25) is 4.90 Å². The zero-order valence-corrected chi connectivity index (χ0v) is 14.0. The van der Waals surface area contributed by atoms with Crippen molar-refractivity contribution in [1.29, 1.82) is 0 Å². The Bertz CT molecular complexity index is 794. The molecular formula is C17H21N5O2. The molecule has 0 aliphatic carbocycles. The topological polar surface area (TPSA) is 71.4 Å². The van der Waals surface area contributed by atoms with Gasteiger partial charge in [-0.2, -0.15) is 9.97 Å². The Morgan fingerprint density at radius 3 is 2.96 bits per heavy atom. The van der Waals surface area contributed by atoms with E-state index in [0.717, 1.165) is 49.4 Å². The van der Waals surface area contributed by atoms with Gasteiger partial charge in [-0.25, -0.2) is 0 Å². The van der Waals surface area contributed by atoms with Gasteiger partial charge in [-0.15, -0.1) is 0 Å². The average molecular weight is 327 g/mol. The summed E-state index contributed by atoms with van der Waals surface area (Å²) in [5.41, 5.74) is 1.73. The number of fused-ring (bicyclic) bond motifs is 1. The van der Waals surface area contributed by atoms with E-state index in [2.05, 4.69) is 32.0 Å². The molecule has 0 unspecified atom stereocenters. The molecule has 0 N–H and O–H groups in total. The van der Waals surface area contributed by atoms with E-state index < -0.39 is 0 Å². The maximum absolute atomic E-state index is 5.90. The van der Waals surface area contributed by atoms with Crippen LogP contribution in [0.5, 0.6) is 0 Å². The highest BCUT2D eigenvalue weighted by atomic mass is 16.5. The molecule has 0 radical (unpaired) electrons. The fourth-order valence-corrected chi connectivity index (χ4v) is 3.26. The second kappa shape index (κ2) is 6.24. The van der Waals surface area contributed by atoms with Gasteiger partial charge >= 0.3 is 0 Å². The first-order valence-electron chi connectivity index (χ1n) is 8.29. The Morgan fingerprint density at radius 2 is 2.17 bits per heavy atom. The number of hydrogen-bond acceptors (Lipinski definition) is 7. The summed E-state index contributed by atoms with van der Waals surface area (Å²) in [4.78, 5) is 13.4. The van der Waals surface area contributed by atoms with Crippen molar-refractivity contribution >= 4 is 17.1 Å². The van der Waals surface area contributed by atoms with Crippen molar-refractivity contribution < 1.29 is 8.94 Å². The monoisotopic (exact) mass is 327 g/mol. The van der Waals surface area contributed by atoms with E-state index in [1.165, 1.54) is 0 Å². The third-order valence-corrected chi connectivity index (χ3v) is 4.55. The molecule has 7 heteroatoms. The van der Waals surface area contributed by atoms with Crippen molar-refractivity contribution in [2.75, 3.05) is 25.0 Å². The number of nitrogens with zero attached hydrogens (tertiary/aromatic N) is 5. The maximum atomic E-state index is 5.90. The highest BCUT2D eigenvalue weighted by molar-refractivity contribution is 5.74. The average Bonchev–Trinajstić information content (AvgIpc) is 3.20. The lowest BCUT2D eigenvalue weighted by Crippen LogP contribution is -2.46. The second-order valence-corrected chi connectivity index (χ2v) is 6.34. The van der Waals surface area contributed by atoms with Crippen molar-refractivity contribution in [3.8, 4) is 0 Å². The summed E-state index contributed by atoms with van der Waals surface area (Å²) >= 11 is 0. The summed E-state index contributed by atoms with van der Waals surface area (Å²) in [5.74, 6) is 1.36. The molecular weight excluding hydrogens is 306 g/mol. The van der Waals surface area contributed by atoms with Crippen molar-refractivity contribution in [2.24, 2.45) is 0 Å². The minimum absolute atomic E-state index is 0.361. The third-order valence-electron chi connectivity index (χ3n) is 4.55. The predicted molar refractivity (Wildman–Crippen MR) is 89.7 cm³/mol. The van der Waals surface area contributed by atoms with Crippen LogP contribution in [0.25, 0.3) is 11.1 Å². The van der Waals surface area contributed by atoms with E-state index in [9.17, 15) is 0 Å². The molecule has 1 atom stereocenters. The van der Waals surface area contributed by atoms with E-state index in [1.54, 1.807) is 0 Å². The number of oxazole rings is 1. The molecule has 1 aliphatic rings. The Balaban J connectivity index is 1.46. The van der Waals surface area contributed by atoms with E-state index in [-0.39, 0.29) is 0 Å². The van der Waals surface area contributed by atoms with Crippen LogP contribution in [0.2, 0.25) is 0 Å². The normalized spacial score (nSPS) is 19.0. The van der Waals surface area contributed by atoms with Crippen molar-refractivity contribution in [3.05, 3.63) is 36.0 Å². The standard InChI is InChI=1S/C17H21N5O2/c1-12-18-16(20-24-12)11-22-9-5-6-13(10-22)21(2)17-19-14-7-3-4-8-15(14)23-17/h3-4,7-8,13H,5-6,9-11H2,1-2H3/t13-/m1/s1. The van der Waals surface area contributed by atoms with Crippen LogP contribution in [0.4, 0.5) is 6.01 Å². The molecule has 0 bridgehead atoms. The summed E-state index contributed by atoms with van der Waals surface area (Å²) in [5, 5.41) is 3.99. The molecule has 7 nitrogen and oxygen atoms in total. The van der Waals surface area contributed by atoms with Crippen LogP contribution >= 0.6 is 0 Å². The largest absolute Gasteiger partial charge is 0.423 e. The molecule has 0 amide bonds. The molecule has 1 aliphatic heterocycles. The van der Waals surface area contributed by atoms with Gasteiger partial charge in [-0.1, -0.05) is 17.3 Å². The number of benzene rings is 1. The maximum Gasteiger partial charge on any atom is 0.298 e. The lowest BCUT2D eigenvalue weighted by atomic mass is 10.0. The molecule has 1 fully saturated rings. The number of rotatable bonds is 4. The van der Waals surface area contributed by atoms with Crippen LogP contribution in [0, 0.1) is 6.92 Å². The molecule has 0 saturated carbocycles. The Hall–Kier alpha value is -2.41. The minimum atomic E-state index is 0.361. The summed E-state index contributed by atoms with van der Waals surface area (Å²) < 4.78 is 11.0. The van der Waals surface area contributed by atoms with Gasteiger partial charge in [0.2, 0.25) is 5.89 Å². The van der Waals surface area contributed by atoms with Gasteiger partial charge in [0.25, 0.3) is 6.01 Å². The van der Waals surface area contributed by atoms with Gasteiger partial charge in [0.1, 0.15) is 5.52 Å². The first kappa shape index (κ1) is 15.1. The van der Waals surface area contributed by atoms with Gasteiger partial charge < -0.3 is 13.8 Å². The summed E-state index contributed by atoms with van der Waals surface area (Å²) in [7, 11) is 2.05. The molecule has 1 saturated heterocycles. The molecule has 24 heavy (non-hydrogen) atoms. The first-order valence-corrected chi connectivity index (χ1v) is 8.29. The smallest absolute Gasteiger partial charge is 0.298 e. The number of likely N-dealkylation sites (tertiary alicyclic amines) is 1. The number of likely N-dealkylation sites (N-methyl/N-ethyl adjacent to an activating group) is 1. The molecule has 2 aromatic heterocycles. The Kier molecular flexibility index (Phi) is 3.93. The Labute approximate surface area is 140 Å². The van der Waals surface area contributed by atoms with Gasteiger partial charge in [0, 0.05) is 26.6 Å². The number of anilines is 1. The van der Waals surface area contributed by atoms with Gasteiger partial charge in [0.05, 0.1) is 6.54 Å². The van der Waals surface area contributed by atoms with Crippen molar-refractivity contribution in [3.63, 3.8) is 0 Å². The lowest BCUT2D eigenvalue weighted by Gasteiger charge is -2.36. The summed E-state index contributed by atoms with van der Waals surface area (Å²) in [6, 6.07) is 8.90. The van der Waals surface area contributed by atoms with Crippen molar-refractivity contribution in [1.82, 2.24) is 20.0 Å². The molecule has 3 aromatic rings. The van der Waals surface area contributed by atoms with E-state index in [4.69, 9.17) is 8.94 Å². The number of hydrogen-bond donors (Lipinski definition) is 0. The van der Waals surface area contributed by atoms with Crippen LogP contribution < -0.4 is 4.90 Å². The number of aryl methyl sites for hydroxylation is 1. The van der Waals surface area contributed by atoms with Crippen LogP contribution in [0.1, 0.15) is 24.6 Å². The summed E-state index contributed by atoms with van der Waals surface area (Å²) in [6.45, 7) is 4.51. The number of aromatic nitrogens is 3. The number of para-hydroxylation sites is 2. The molecule has 4 rings (SSSR count). The fourth-order valence-electron chi connectivity index (χ4n) is 3.26. The fraction of sp³-hybridized carbons (Fsp3) is 0.471. The lowest BCUT2D eigenvalue weighted by molar-refractivity contribution is 0.190. The van der Waals surface area contributed by atoms with Gasteiger partial charge in [0.15, 0.2) is 11.4 Å². The SMILES string of the molecule is Cc1nc(CN2CCC[C@@H](N(C)c3nc4ccccc4o3)C2)no1. The zero-order valence-electron chi connectivity index (χ0n) is 14.0. The minimum Gasteiger partial charge on any atom is -0.423 e. The van der Waals surface area contributed by atoms with Crippen LogP contribution in [0.15, 0.2) is 33.2 Å². The van der Waals surface area contributed by atoms with Gasteiger partial charge in [-0.05, 0) is 31.5 Å².